The van der Waals surface area contributed by atoms with E-state index in [9.17, 15) is 0 Å². The number of hydrogen-bond acceptors (Lipinski definition) is 2. The van der Waals surface area contributed by atoms with Gasteiger partial charge in [0.2, 0.25) is 0 Å². The normalized spacial score (nSPS) is 17.7. The lowest BCUT2D eigenvalue weighted by Gasteiger charge is -2.23. The molecule has 1 aliphatic heterocycles. The van der Waals surface area contributed by atoms with Crippen LogP contribution in [0.25, 0.3) is 0 Å². The van der Waals surface area contributed by atoms with Crippen molar-refractivity contribution in [3.63, 3.8) is 0 Å². The molecule has 0 amide bonds. The molecule has 0 saturated carbocycles. The Bertz CT molecular complexity index is 308. The van der Waals surface area contributed by atoms with Crippen molar-refractivity contribution >= 4 is 11.6 Å². The van der Waals surface area contributed by atoms with Gasteiger partial charge < -0.3 is 9.47 Å². The number of hydrogen-bond donors (Lipinski definition) is 0. The van der Waals surface area contributed by atoms with E-state index >= 15 is 0 Å². The molecule has 1 fully saturated rings. The summed E-state index contributed by atoms with van der Waals surface area (Å²) in [5, 5.41) is 0. The minimum absolute atomic E-state index is 0.296. The molecule has 1 heterocycles. The summed E-state index contributed by atoms with van der Waals surface area (Å²) in [6, 6.07) is 7.96. The summed E-state index contributed by atoms with van der Waals surface area (Å²) < 4.78 is 11.1. The molecule has 2 rings (SSSR count). The summed E-state index contributed by atoms with van der Waals surface area (Å²) in [7, 11) is 0. The molecule has 1 aromatic rings. The zero-order valence-electron chi connectivity index (χ0n) is 8.62. The van der Waals surface area contributed by atoms with Crippen LogP contribution in [0.2, 0.25) is 0 Å². The van der Waals surface area contributed by atoms with Crippen molar-refractivity contribution in [2.45, 2.75) is 24.8 Å². The molecule has 0 N–H and O–H groups in total. The Hall–Kier alpha value is -0.730. The van der Waals surface area contributed by atoms with Crippen molar-refractivity contribution in [3.8, 4) is 5.75 Å². The van der Waals surface area contributed by atoms with Crippen LogP contribution < -0.4 is 4.74 Å². The molecule has 82 valence electrons. The van der Waals surface area contributed by atoms with Crippen LogP contribution in [0.1, 0.15) is 18.4 Å². The highest BCUT2D eigenvalue weighted by molar-refractivity contribution is 6.17. The molecule has 0 spiro atoms. The largest absolute Gasteiger partial charge is 0.490 e. The van der Waals surface area contributed by atoms with Gasteiger partial charge >= 0.3 is 0 Å². The predicted octanol–water partition coefficient (Wildman–Crippen LogP) is 2.98. The number of ether oxygens (including phenoxy) is 2. The van der Waals surface area contributed by atoms with E-state index < -0.39 is 0 Å². The number of alkyl halides is 1. The summed E-state index contributed by atoms with van der Waals surface area (Å²) in [5.41, 5.74) is 1.10. The van der Waals surface area contributed by atoms with Crippen LogP contribution in [0.5, 0.6) is 5.75 Å². The first-order valence-corrected chi connectivity index (χ1v) is 5.81. The van der Waals surface area contributed by atoms with Gasteiger partial charge in [0, 0.05) is 18.7 Å². The Balaban J connectivity index is 1.96. The Morgan fingerprint density at radius 3 is 2.87 bits per heavy atom. The SMILES string of the molecule is ClCc1cccc(OC2CCOCC2)c1. The first kappa shape index (κ1) is 10.8. The second-order valence-electron chi connectivity index (χ2n) is 3.71. The van der Waals surface area contributed by atoms with Crippen LogP contribution in [-0.4, -0.2) is 19.3 Å². The van der Waals surface area contributed by atoms with E-state index in [0.717, 1.165) is 37.4 Å². The quantitative estimate of drug-likeness (QED) is 0.738. The van der Waals surface area contributed by atoms with Crippen molar-refractivity contribution < 1.29 is 9.47 Å². The van der Waals surface area contributed by atoms with Gasteiger partial charge in [0.05, 0.1) is 13.2 Å². The molecule has 0 bridgehead atoms. The molecule has 15 heavy (non-hydrogen) atoms. The summed E-state index contributed by atoms with van der Waals surface area (Å²) in [5.74, 6) is 1.45. The van der Waals surface area contributed by atoms with Gasteiger partial charge in [-0.05, 0) is 17.7 Å². The van der Waals surface area contributed by atoms with Crippen LogP contribution in [-0.2, 0) is 10.6 Å². The average Bonchev–Trinajstić information content (AvgIpc) is 2.31. The number of halogens is 1. The van der Waals surface area contributed by atoms with Crippen LogP contribution in [0.4, 0.5) is 0 Å². The van der Waals surface area contributed by atoms with Gasteiger partial charge in [0.15, 0.2) is 0 Å². The van der Waals surface area contributed by atoms with Crippen LogP contribution in [0.3, 0.4) is 0 Å². The molecule has 1 aromatic carbocycles. The highest BCUT2D eigenvalue weighted by Gasteiger charge is 2.14. The van der Waals surface area contributed by atoms with Gasteiger partial charge in [-0.25, -0.2) is 0 Å². The molecule has 0 aromatic heterocycles. The minimum atomic E-state index is 0.296. The summed E-state index contributed by atoms with van der Waals surface area (Å²) in [6.45, 7) is 1.61. The molecule has 3 heteroatoms. The zero-order chi connectivity index (χ0) is 10.5. The predicted molar refractivity (Wildman–Crippen MR) is 60.5 cm³/mol. The lowest BCUT2D eigenvalue weighted by atomic mass is 10.1. The smallest absolute Gasteiger partial charge is 0.120 e. The molecule has 0 atom stereocenters. The van der Waals surface area contributed by atoms with E-state index in [4.69, 9.17) is 21.1 Å². The first-order chi connectivity index (χ1) is 7.38. The molecule has 2 nitrogen and oxygen atoms in total. The van der Waals surface area contributed by atoms with Crippen LogP contribution in [0.15, 0.2) is 24.3 Å². The third-order valence-corrected chi connectivity index (χ3v) is 2.83. The van der Waals surface area contributed by atoms with Gasteiger partial charge in [0.25, 0.3) is 0 Å². The van der Waals surface area contributed by atoms with Gasteiger partial charge in [-0.1, -0.05) is 12.1 Å². The molecular weight excluding hydrogens is 212 g/mol. The van der Waals surface area contributed by atoms with Crippen molar-refractivity contribution in [1.82, 2.24) is 0 Å². The second kappa shape index (κ2) is 5.38. The van der Waals surface area contributed by atoms with Crippen LogP contribution >= 0.6 is 11.6 Å². The maximum absolute atomic E-state index is 5.86. The lowest BCUT2D eigenvalue weighted by molar-refractivity contribution is 0.0255. The third kappa shape index (κ3) is 3.11. The standard InChI is InChI=1S/C12H15ClO2/c13-9-10-2-1-3-12(8-10)15-11-4-6-14-7-5-11/h1-3,8,11H,4-7,9H2. The van der Waals surface area contributed by atoms with E-state index in [1.807, 2.05) is 24.3 Å². The van der Waals surface area contributed by atoms with Crippen molar-refractivity contribution in [3.05, 3.63) is 29.8 Å². The average molecular weight is 227 g/mol. The van der Waals surface area contributed by atoms with E-state index in [1.165, 1.54) is 0 Å². The van der Waals surface area contributed by atoms with Gasteiger partial charge in [-0.2, -0.15) is 0 Å². The fraction of sp³-hybridized carbons (Fsp3) is 0.500. The van der Waals surface area contributed by atoms with Gasteiger partial charge in [-0.15, -0.1) is 11.6 Å². The summed E-state index contributed by atoms with van der Waals surface area (Å²) >= 11 is 5.77. The first-order valence-electron chi connectivity index (χ1n) is 5.28. The lowest BCUT2D eigenvalue weighted by Crippen LogP contribution is -2.25. The highest BCUT2D eigenvalue weighted by Crippen LogP contribution is 2.19. The van der Waals surface area contributed by atoms with Crippen molar-refractivity contribution in [2.75, 3.05) is 13.2 Å². The van der Waals surface area contributed by atoms with Gasteiger partial charge in [-0.3, -0.25) is 0 Å². The third-order valence-electron chi connectivity index (χ3n) is 2.52. The second-order valence-corrected chi connectivity index (χ2v) is 3.98. The highest BCUT2D eigenvalue weighted by atomic mass is 35.5. The number of benzene rings is 1. The minimum Gasteiger partial charge on any atom is -0.490 e. The summed E-state index contributed by atoms with van der Waals surface area (Å²) in [6.07, 6.45) is 2.25. The molecular formula is C12H15ClO2. The summed E-state index contributed by atoms with van der Waals surface area (Å²) in [4.78, 5) is 0. The van der Waals surface area contributed by atoms with E-state index in [-0.39, 0.29) is 0 Å². The Kier molecular flexibility index (Phi) is 3.87. The van der Waals surface area contributed by atoms with Crippen molar-refractivity contribution in [2.24, 2.45) is 0 Å². The van der Waals surface area contributed by atoms with Gasteiger partial charge in [0.1, 0.15) is 11.9 Å². The van der Waals surface area contributed by atoms with Crippen molar-refractivity contribution in [1.29, 1.82) is 0 Å². The Morgan fingerprint density at radius 1 is 1.33 bits per heavy atom. The number of rotatable bonds is 3. The topological polar surface area (TPSA) is 18.5 Å². The molecule has 0 aliphatic carbocycles. The fourth-order valence-corrected chi connectivity index (χ4v) is 1.85. The van der Waals surface area contributed by atoms with E-state index in [2.05, 4.69) is 0 Å². The molecule has 1 aliphatic rings. The van der Waals surface area contributed by atoms with E-state index in [1.54, 1.807) is 0 Å². The Labute approximate surface area is 95.1 Å². The zero-order valence-corrected chi connectivity index (χ0v) is 9.37. The molecule has 0 unspecified atom stereocenters. The Morgan fingerprint density at radius 2 is 2.13 bits per heavy atom. The van der Waals surface area contributed by atoms with Crippen LogP contribution in [0, 0.1) is 0 Å². The maximum atomic E-state index is 5.86. The van der Waals surface area contributed by atoms with E-state index in [0.29, 0.717) is 12.0 Å². The monoisotopic (exact) mass is 226 g/mol. The maximum Gasteiger partial charge on any atom is 0.120 e. The molecule has 1 saturated heterocycles. The fourth-order valence-electron chi connectivity index (χ4n) is 1.69. The molecule has 0 radical (unpaired) electrons.